The molecule has 3 rings (SSSR count). The van der Waals surface area contributed by atoms with Gasteiger partial charge in [0.15, 0.2) is 5.96 Å². The lowest BCUT2D eigenvalue weighted by Gasteiger charge is -2.43. The Morgan fingerprint density at radius 1 is 1.29 bits per heavy atom. The summed E-state index contributed by atoms with van der Waals surface area (Å²) in [5.74, 6) is 1.38. The first-order chi connectivity index (χ1) is 14.4. The molecule has 2 aliphatic rings. The van der Waals surface area contributed by atoms with Crippen molar-refractivity contribution in [3.8, 4) is 0 Å². The lowest BCUT2D eigenvalue weighted by atomic mass is 9.85. The molecule has 6 nitrogen and oxygen atoms in total. The molecule has 2 unspecified atom stereocenters. The van der Waals surface area contributed by atoms with Crippen molar-refractivity contribution in [1.82, 2.24) is 20.4 Å². The van der Waals surface area contributed by atoms with Gasteiger partial charge in [-0.2, -0.15) is 0 Å². The van der Waals surface area contributed by atoms with Crippen LogP contribution in [0.2, 0.25) is 5.02 Å². The molecule has 8 heteroatoms. The van der Waals surface area contributed by atoms with E-state index in [9.17, 15) is 0 Å². The van der Waals surface area contributed by atoms with Gasteiger partial charge in [-0.05, 0) is 77.0 Å². The van der Waals surface area contributed by atoms with E-state index in [1.54, 1.807) is 0 Å². The van der Waals surface area contributed by atoms with Crippen LogP contribution >= 0.6 is 35.6 Å². The number of nitrogens with one attached hydrogen (secondary N) is 2. The standard InChI is InChI=1S/C23H38ClN5O.HI/c1-25-22(27-17-23(28(2)3)10-13-30-14-11-23)26-16-19-8-6-12-29(4)21(19)18-7-5-9-20(24)15-18;/h5,7,9,15,19,21H,6,8,10-14,16-17H2,1-4H3,(H2,25,26,27);1H. The maximum Gasteiger partial charge on any atom is 0.191 e. The third-order valence-corrected chi connectivity index (χ3v) is 7.14. The van der Waals surface area contributed by atoms with Gasteiger partial charge in [0, 0.05) is 50.0 Å². The number of ether oxygens (including phenoxy) is 1. The van der Waals surface area contributed by atoms with Crippen molar-refractivity contribution in [2.45, 2.75) is 37.3 Å². The Labute approximate surface area is 210 Å². The van der Waals surface area contributed by atoms with Crippen LogP contribution in [0.1, 0.15) is 37.3 Å². The summed E-state index contributed by atoms with van der Waals surface area (Å²) in [6.07, 6.45) is 4.49. The topological polar surface area (TPSA) is 52.1 Å². The molecule has 2 aliphatic heterocycles. The van der Waals surface area contributed by atoms with Gasteiger partial charge in [-0.15, -0.1) is 24.0 Å². The van der Waals surface area contributed by atoms with Crippen molar-refractivity contribution in [2.24, 2.45) is 10.9 Å². The maximum absolute atomic E-state index is 6.29. The van der Waals surface area contributed by atoms with Gasteiger partial charge in [0.25, 0.3) is 0 Å². The molecule has 0 aliphatic carbocycles. The molecule has 2 saturated heterocycles. The first-order valence-corrected chi connectivity index (χ1v) is 11.5. The summed E-state index contributed by atoms with van der Waals surface area (Å²) in [7, 11) is 8.40. The SMILES string of the molecule is CN=C(NCC1CCCN(C)C1c1cccc(Cl)c1)NCC1(N(C)C)CCOCC1.I. The van der Waals surface area contributed by atoms with E-state index in [4.69, 9.17) is 16.3 Å². The second-order valence-corrected chi connectivity index (χ2v) is 9.36. The van der Waals surface area contributed by atoms with Crippen LogP contribution in [0.3, 0.4) is 0 Å². The molecule has 2 atom stereocenters. The average Bonchev–Trinajstić information content (AvgIpc) is 2.74. The van der Waals surface area contributed by atoms with E-state index in [2.05, 4.69) is 64.8 Å². The van der Waals surface area contributed by atoms with E-state index >= 15 is 0 Å². The number of halogens is 2. The summed E-state index contributed by atoms with van der Waals surface area (Å²) in [4.78, 5) is 9.28. The van der Waals surface area contributed by atoms with Crippen molar-refractivity contribution in [2.75, 3.05) is 61.0 Å². The Hall–Kier alpha value is -0.610. The number of piperidine rings is 1. The molecule has 0 aromatic heterocycles. The van der Waals surface area contributed by atoms with E-state index in [1.807, 2.05) is 13.1 Å². The molecule has 2 fully saturated rings. The van der Waals surface area contributed by atoms with E-state index in [1.165, 1.54) is 18.4 Å². The largest absolute Gasteiger partial charge is 0.381 e. The minimum Gasteiger partial charge on any atom is -0.381 e. The number of likely N-dealkylation sites (tertiary alicyclic amines) is 1. The van der Waals surface area contributed by atoms with Gasteiger partial charge in [-0.3, -0.25) is 9.89 Å². The average molecular weight is 564 g/mol. The number of benzene rings is 1. The number of nitrogens with zero attached hydrogens (tertiary/aromatic N) is 3. The van der Waals surface area contributed by atoms with E-state index in [-0.39, 0.29) is 29.5 Å². The molecular weight excluding hydrogens is 525 g/mol. The number of aliphatic imine (C=N–C) groups is 1. The highest BCUT2D eigenvalue weighted by molar-refractivity contribution is 14.0. The molecule has 0 saturated carbocycles. The van der Waals surface area contributed by atoms with Crippen LogP contribution in [0, 0.1) is 5.92 Å². The summed E-state index contributed by atoms with van der Waals surface area (Å²) in [6, 6.07) is 8.68. The third-order valence-electron chi connectivity index (χ3n) is 6.91. The first kappa shape index (κ1) is 26.6. The fourth-order valence-corrected chi connectivity index (χ4v) is 5.12. The molecule has 0 spiro atoms. The Morgan fingerprint density at radius 3 is 2.68 bits per heavy atom. The van der Waals surface area contributed by atoms with Gasteiger partial charge >= 0.3 is 0 Å². The van der Waals surface area contributed by atoms with Crippen LogP contribution in [0.5, 0.6) is 0 Å². The van der Waals surface area contributed by atoms with Crippen molar-refractivity contribution in [1.29, 1.82) is 0 Å². The quantitative estimate of drug-likeness (QED) is 0.315. The summed E-state index contributed by atoms with van der Waals surface area (Å²) in [5, 5.41) is 7.99. The number of likely N-dealkylation sites (N-methyl/N-ethyl adjacent to an activating group) is 1. The van der Waals surface area contributed by atoms with Crippen molar-refractivity contribution < 1.29 is 4.74 Å². The molecule has 0 amide bonds. The second kappa shape index (κ2) is 12.6. The molecule has 31 heavy (non-hydrogen) atoms. The van der Waals surface area contributed by atoms with Crippen molar-refractivity contribution >= 4 is 41.5 Å². The minimum atomic E-state index is 0. The molecule has 1 aromatic carbocycles. The fraction of sp³-hybridized carbons (Fsp3) is 0.696. The summed E-state index contributed by atoms with van der Waals surface area (Å²) < 4.78 is 5.59. The molecule has 1 aromatic rings. The number of hydrogen-bond acceptors (Lipinski definition) is 4. The zero-order chi connectivity index (χ0) is 21.6. The molecule has 2 heterocycles. The number of rotatable bonds is 6. The lowest BCUT2D eigenvalue weighted by molar-refractivity contribution is -0.00502. The Morgan fingerprint density at radius 2 is 2.03 bits per heavy atom. The van der Waals surface area contributed by atoms with Crippen LogP contribution in [-0.4, -0.2) is 82.3 Å². The maximum atomic E-state index is 6.29. The summed E-state index contributed by atoms with van der Waals surface area (Å²) in [5.41, 5.74) is 1.41. The summed E-state index contributed by atoms with van der Waals surface area (Å²) >= 11 is 6.29. The van der Waals surface area contributed by atoms with E-state index < -0.39 is 0 Å². The number of guanidine groups is 1. The van der Waals surface area contributed by atoms with Gasteiger partial charge in [-0.25, -0.2) is 0 Å². The lowest BCUT2D eigenvalue weighted by Crippen LogP contribution is -2.57. The van der Waals surface area contributed by atoms with Crippen LogP contribution in [0.25, 0.3) is 0 Å². The highest BCUT2D eigenvalue weighted by atomic mass is 127. The van der Waals surface area contributed by atoms with E-state index in [0.717, 1.165) is 56.7 Å². The normalized spacial score (nSPS) is 24.5. The van der Waals surface area contributed by atoms with Gasteiger partial charge in [0.1, 0.15) is 0 Å². The zero-order valence-electron chi connectivity index (χ0n) is 19.4. The van der Waals surface area contributed by atoms with Gasteiger partial charge < -0.3 is 20.3 Å². The molecule has 2 N–H and O–H groups in total. The first-order valence-electron chi connectivity index (χ1n) is 11.1. The van der Waals surface area contributed by atoms with Crippen molar-refractivity contribution in [3.63, 3.8) is 0 Å². The third kappa shape index (κ3) is 6.93. The predicted octanol–water partition coefficient (Wildman–Crippen LogP) is 3.62. The van der Waals surface area contributed by atoms with Crippen molar-refractivity contribution in [3.05, 3.63) is 34.9 Å². The Bertz CT molecular complexity index is 711. The van der Waals surface area contributed by atoms with Crippen LogP contribution < -0.4 is 10.6 Å². The molecule has 0 bridgehead atoms. The minimum absolute atomic E-state index is 0. The van der Waals surface area contributed by atoms with Crippen LogP contribution in [-0.2, 0) is 4.74 Å². The Kier molecular flexibility index (Phi) is 10.8. The monoisotopic (exact) mass is 563 g/mol. The fourth-order valence-electron chi connectivity index (χ4n) is 4.92. The molecule has 176 valence electrons. The van der Waals surface area contributed by atoms with Gasteiger partial charge in [0.05, 0.1) is 0 Å². The smallest absolute Gasteiger partial charge is 0.191 e. The number of hydrogen-bond donors (Lipinski definition) is 2. The Balaban J connectivity index is 0.00000341. The summed E-state index contributed by atoms with van der Waals surface area (Å²) in [6.45, 7) is 4.52. The van der Waals surface area contributed by atoms with Crippen LogP contribution in [0.4, 0.5) is 0 Å². The predicted molar refractivity (Wildman–Crippen MR) is 141 cm³/mol. The zero-order valence-corrected chi connectivity index (χ0v) is 22.5. The van der Waals surface area contributed by atoms with Gasteiger partial charge in [-0.1, -0.05) is 23.7 Å². The molecule has 0 radical (unpaired) electrons. The highest BCUT2D eigenvalue weighted by Crippen LogP contribution is 2.35. The molecular formula is C23H39ClIN5O. The van der Waals surface area contributed by atoms with Gasteiger partial charge in [0.2, 0.25) is 0 Å². The van der Waals surface area contributed by atoms with E-state index in [0.29, 0.717) is 12.0 Å². The second-order valence-electron chi connectivity index (χ2n) is 8.92. The highest BCUT2D eigenvalue weighted by Gasteiger charge is 2.35. The van der Waals surface area contributed by atoms with Crippen LogP contribution in [0.15, 0.2) is 29.3 Å².